The Kier molecular flexibility index (Phi) is 2.20. The molecule has 0 amide bonds. The van der Waals surface area contributed by atoms with Crippen LogP contribution in [0.1, 0.15) is 12.0 Å². The van der Waals surface area contributed by atoms with Crippen molar-refractivity contribution in [1.29, 1.82) is 0 Å². The van der Waals surface area contributed by atoms with Crippen LogP contribution in [0, 0.1) is 0 Å². The molecule has 0 spiro atoms. The van der Waals surface area contributed by atoms with Crippen molar-refractivity contribution in [3.05, 3.63) is 27.2 Å². The second-order valence-electron chi connectivity index (χ2n) is 2.74. The van der Waals surface area contributed by atoms with Crippen molar-refractivity contribution in [2.24, 2.45) is 4.99 Å². The van der Waals surface area contributed by atoms with Gasteiger partial charge in [-0.3, -0.25) is 4.99 Å². The van der Waals surface area contributed by atoms with Gasteiger partial charge in [0.25, 0.3) is 0 Å². The number of nitrogens with zero attached hydrogens (tertiary/aromatic N) is 1. The topological polar surface area (TPSA) is 12.4 Å². The van der Waals surface area contributed by atoms with Gasteiger partial charge < -0.3 is 0 Å². The van der Waals surface area contributed by atoms with Gasteiger partial charge in [-0.1, -0.05) is 27.5 Å². The lowest BCUT2D eigenvalue weighted by Gasteiger charge is -2.11. The SMILES string of the molecule is Clc1cc(Br)c2c(c1)N=CCC2. The van der Waals surface area contributed by atoms with Crippen molar-refractivity contribution in [1.82, 2.24) is 0 Å². The highest BCUT2D eigenvalue weighted by molar-refractivity contribution is 9.10. The molecule has 1 heterocycles. The Bertz CT molecular complexity index is 347. The van der Waals surface area contributed by atoms with E-state index in [1.54, 1.807) is 0 Å². The predicted molar refractivity (Wildman–Crippen MR) is 55.6 cm³/mol. The summed E-state index contributed by atoms with van der Waals surface area (Å²) in [6.07, 6.45) is 4.01. The summed E-state index contributed by atoms with van der Waals surface area (Å²) < 4.78 is 1.07. The molecule has 0 unspecified atom stereocenters. The largest absolute Gasteiger partial charge is 0.261 e. The minimum Gasteiger partial charge on any atom is -0.261 e. The number of benzene rings is 1. The molecule has 1 nitrogen and oxygen atoms in total. The van der Waals surface area contributed by atoms with Gasteiger partial charge in [0.15, 0.2) is 0 Å². The number of halogens is 2. The monoisotopic (exact) mass is 243 g/mol. The van der Waals surface area contributed by atoms with E-state index in [2.05, 4.69) is 20.9 Å². The summed E-state index contributed by atoms with van der Waals surface area (Å²) in [6.45, 7) is 0. The van der Waals surface area contributed by atoms with E-state index in [-0.39, 0.29) is 0 Å². The molecule has 0 N–H and O–H groups in total. The van der Waals surface area contributed by atoms with Crippen molar-refractivity contribution >= 4 is 39.4 Å². The number of rotatable bonds is 0. The van der Waals surface area contributed by atoms with Crippen LogP contribution < -0.4 is 0 Å². The lowest BCUT2D eigenvalue weighted by Crippen LogP contribution is -1.94. The zero-order valence-electron chi connectivity index (χ0n) is 6.35. The lowest BCUT2D eigenvalue weighted by atomic mass is 10.1. The van der Waals surface area contributed by atoms with Crippen molar-refractivity contribution in [2.75, 3.05) is 0 Å². The molecular weight excluding hydrogens is 237 g/mol. The minimum atomic E-state index is 0.736. The molecule has 3 heteroatoms. The van der Waals surface area contributed by atoms with Crippen molar-refractivity contribution in [2.45, 2.75) is 12.8 Å². The minimum absolute atomic E-state index is 0.736. The summed E-state index contributed by atoms with van der Waals surface area (Å²) in [7, 11) is 0. The molecule has 0 fully saturated rings. The Balaban J connectivity index is 2.62. The van der Waals surface area contributed by atoms with Gasteiger partial charge in [-0.25, -0.2) is 0 Å². The average Bonchev–Trinajstić information content (AvgIpc) is 2.04. The first kappa shape index (κ1) is 8.27. The van der Waals surface area contributed by atoms with Crippen LogP contribution in [0.3, 0.4) is 0 Å². The van der Waals surface area contributed by atoms with Gasteiger partial charge in [0.05, 0.1) is 5.69 Å². The van der Waals surface area contributed by atoms with Crippen LogP contribution in [-0.4, -0.2) is 6.21 Å². The number of hydrogen-bond acceptors (Lipinski definition) is 1. The highest BCUT2D eigenvalue weighted by atomic mass is 79.9. The quantitative estimate of drug-likeness (QED) is 0.659. The molecular formula is C9H7BrClN. The van der Waals surface area contributed by atoms with Crippen LogP contribution in [0.4, 0.5) is 5.69 Å². The third-order valence-corrected chi connectivity index (χ3v) is 2.82. The van der Waals surface area contributed by atoms with Gasteiger partial charge >= 0.3 is 0 Å². The van der Waals surface area contributed by atoms with E-state index in [1.165, 1.54) is 5.56 Å². The Hall–Kier alpha value is -0.340. The van der Waals surface area contributed by atoms with Gasteiger partial charge in [0, 0.05) is 15.7 Å². The molecule has 12 heavy (non-hydrogen) atoms. The zero-order valence-corrected chi connectivity index (χ0v) is 8.69. The number of hydrogen-bond donors (Lipinski definition) is 0. The molecule has 1 aliphatic heterocycles. The summed E-state index contributed by atoms with van der Waals surface area (Å²) in [5.74, 6) is 0. The molecule has 0 radical (unpaired) electrons. The molecule has 0 aromatic heterocycles. The fourth-order valence-corrected chi connectivity index (χ4v) is 2.32. The second-order valence-corrected chi connectivity index (χ2v) is 4.03. The third-order valence-electron chi connectivity index (χ3n) is 1.89. The summed E-state index contributed by atoms with van der Waals surface area (Å²) in [4.78, 5) is 4.28. The van der Waals surface area contributed by atoms with Crippen LogP contribution >= 0.6 is 27.5 Å². The lowest BCUT2D eigenvalue weighted by molar-refractivity contribution is 1.02. The van der Waals surface area contributed by atoms with E-state index in [9.17, 15) is 0 Å². The van der Waals surface area contributed by atoms with Crippen LogP contribution in [0.2, 0.25) is 5.02 Å². The van der Waals surface area contributed by atoms with Crippen LogP contribution in [0.15, 0.2) is 21.6 Å². The fraction of sp³-hybridized carbons (Fsp3) is 0.222. The van der Waals surface area contributed by atoms with Crippen LogP contribution in [0.25, 0.3) is 0 Å². The van der Waals surface area contributed by atoms with E-state index < -0.39 is 0 Å². The Morgan fingerprint density at radius 2 is 2.25 bits per heavy atom. The Labute approximate surface area is 84.6 Å². The first-order chi connectivity index (χ1) is 5.77. The van der Waals surface area contributed by atoms with E-state index in [0.717, 1.165) is 28.0 Å². The Morgan fingerprint density at radius 3 is 3.08 bits per heavy atom. The van der Waals surface area contributed by atoms with Crippen molar-refractivity contribution in [3.8, 4) is 0 Å². The average molecular weight is 245 g/mol. The molecule has 0 atom stereocenters. The maximum absolute atomic E-state index is 5.88. The van der Waals surface area contributed by atoms with Gasteiger partial charge in [0.2, 0.25) is 0 Å². The van der Waals surface area contributed by atoms with E-state index in [4.69, 9.17) is 11.6 Å². The second kappa shape index (κ2) is 3.19. The number of fused-ring (bicyclic) bond motifs is 1. The molecule has 0 saturated carbocycles. The van der Waals surface area contributed by atoms with Gasteiger partial charge in [-0.15, -0.1) is 0 Å². The Morgan fingerprint density at radius 1 is 1.42 bits per heavy atom. The van der Waals surface area contributed by atoms with Gasteiger partial charge in [-0.2, -0.15) is 0 Å². The standard InChI is InChI=1S/C9H7BrClN/c10-8-4-6(11)5-9-7(8)2-1-3-12-9/h3-5H,1-2H2. The molecule has 62 valence electrons. The first-order valence-corrected chi connectivity index (χ1v) is 4.95. The summed E-state index contributed by atoms with van der Waals surface area (Å²) in [6, 6.07) is 3.82. The van der Waals surface area contributed by atoms with E-state index >= 15 is 0 Å². The van der Waals surface area contributed by atoms with Gasteiger partial charge in [0.1, 0.15) is 0 Å². The van der Waals surface area contributed by atoms with Crippen LogP contribution in [0.5, 0.6) is 0 Å². The number of aliphatic imine (C=N–C) groups is 1. The summed E-state index contributed by atoms with van der Waals surface area (Å²) in [5.41, 5.74) is 2.27. The maximum Gasteiger partial charge on any atom is 0.0683 e. The molecule has 1 aromatic rings. The zero-order chi connectivity index (χ0) is 8.55. The molecule has 0 aliphatic carbocycles. The van der Waals surface area contributed by atoms with Crippen molar-refractivity contribution < 1.29 is 0 Å². The van der Waals surface area contributed by atoms with Crippen LogP contribution in [-0.2, 0) is 6.42 Å². The molecule has 1 aliphatic rings. The molecule has 2 rings (SSSR count). The highest BCUT2D eigenvalue weighted by Crippen LogP contribution is 2.33. The van der Waals surface area contributed by atoms with E-state index in [1.807, 2.05) is 18.3 Å². The first-order valence-electron chi connectivity index (χ1n) is 3.78. The highest BCUT2D eigenvalue weighted by Gasteiger charge is 2.09. The van der Waals surface area contributed by atoms with E-state index in [0.29, 0.717) is 0 Å². The van der Waals surface area contributed by atoms with Crippen molar-refractivity contribution in [3.63, 3.8) is 0 Å². The molecule has 0 saturated heterocycles. The summed E-state index contributed by atoms with van der Waals surface area (Å²) in [5, 5.41) is 0.736. The normalized spacial score (nSPS) is 14.5. The summed E-state index contributed by atoms with van der Waals surface area (Å²) >= 11 is 9.35. The molecule has 0 bridgehead atoms. The van der Waals surface area contributed by atoms with Gasteiger partial charge in [-0.05, 0) is 30.5 Å². The smallest absolute Gasteiger partial charge is 0.0683 e. The maximum atomic E-state index is 5.88. The fourth-order valence-electron chi connectivity index (χ4n) is 1.32. The molecule has 1 aromatic carbocycles. The predicted octanol–water partition coefficient (Wildman–Crippen LogP) is 3.75. The third kappa shape index (κ3) is 1.41.